The molecule has 21 nitrogen and oxygen atoms in total. The minimum Gasteiger partial charge on any atom is -0.469 e. The van der Waals surface area contributed by atoms with Gasteiger partial charge in [0.1, 0.15) is 13.5 Å². The normalized spacial score (nSPS) is 13.0. The topological polar surface area (TPSA) is 300 Å². The maximum atomic E-state index is 13.8. The summed E-state index contributed by atoms with van der Waals surface area (Å²) in [6.45, 7) is 20.4. The summed E-state index contributed by atoms with van der Waals surface area (Å²) in [6.07, 6.45) is 4.24. The number of pyridine rings is 2. The standard InChI is InChI=1S/C37H51N5O5.C19H26ClNO4.C19H23N3O3.2CH3I.CH4/c1-36(2,3)33(38)35(46)41-42(22-27-15-17-28(18-16-27)30-14-10-11-19-39-30)23-32(45)29(20-26-12-8-7-9-13-26)21-31(44)34(37(4,5)6)40-24-47-25-43;1-19(2,3)18(21-12-25-13-22)16(23)10-15(17(24)11-20)9-14-7-5-4-6-8-14;1-3-15(12-18(23)25-2)19(24)22-21-13-14-7-9-16(10-8-14)17-6-4-5-11-20-17;2*1-2;/h7-19,25,29,32-34,40,45H,20-24,38H2,1-6H3,(H,41,46);4-8,13,15,18,21H,9-12H2,1-3H3;4-11,15,21H,3,12-13H2,1-2H3,(H,22,24);2*1H3;1H4/t29-,32+,33-,34-;15-,18-;15-;;;/m111.../s1. The predicted octanol–water partition coefficient (Wildman–Crippen LogP) is 12.2. The molecule has 8 N–H and O–H groups in total. The largest absolute Gasteiger partial charge is 0.469 e. The Morgan fingerprint density at radius 3 is 1.44 bits per heavy atom. The second-order valence-corrected chi connectivity index (χ2v) is 27.2. The Bertz CT molecular complexity index is 3350. The summed E-state index contributed by atoms with van der Waals surface area (Å²) in [5.74, 6) is -2.77. The van der Waals surface area contributed by atoms with Gasteiger partial charge in [0.15, 0.2) is 17.3 Å². The van der Waals surface area contributed by atoms with Gasteiger partial charge in [0.25, 0.3) is 18.9 Å². The van der Waals surface area contributed by atoms with Crippen molar-refractivity contribution in [3.05, 3.63) is 180 Å². The molecule has 6 aromatic rings. The Kier molecular flexibility index (Phi) is 46.0. The highest BCUT2D eigenvalue weighted by Crippen LogP contribution is 2.28. The van der Waals surface area contributed by atoms with Crippen LogP contribution in [-0.2, 0) is 78.5 Å². The van der Waals surface area contributed by atoms with Crippen molar-refractivity contribution in [2.45, 2.75) is 153 Å². The zero-order valence-electron chi connectivity index (χ0n) is 60.7. The highest BCUT2D eigenvalue weighted by molar-refractivity contribution is 14.1. The summed E-state index contributed by atoms with van der Waals surface area (Å²) in [5.41, 5.74) is 21.1. The average molecular weight is 1660 g/mol. The summed E-state index contributed by atoms with van der Waals surface area (Å²) >= 11 is 10.0. The van der Waals surface area contributed by atoms with Crippen molar-refractivity contribution in [1.82, 2.24) is 41.9 Å². The van der Waals surface area contributed by atoms with Crippen LogP contribution >= 0.6 is 56.8 Å². The fourth-order valence-corrected chi connectivity index (χ4v) is 10.7. The monoisotopic (exact) mass is 1650 g/mol. The van der Waals surface area contributed by atoms with E-state index in [1.807, 2.05) is 225 Å². The van der Waals surface area contributed by atoms with Gasteiger partial charge in [-0.25, -0.2) is 10.4 Å². The Labute approximate surface area is 637 Å². The van der Waals surface area contributed by atoms with Crippen LogP contribution < -0.4 is 32.6 Å². The lowest BCUT2D eigenvalue weighted by atomic mass is 9.79. The quantitative estimate of drug-likeness (QED) is 0.00281. The first-order valence-electron chi connectivity index (χ1n) is 33.3. The lowest BCUT2D eigenvalue weighted by Crippen LogP contribution is -2.55. The summed E-state index contributed by atoms with van der Waals surface area (Å²) in [4.78, 5) is 109. The van der Waals surface area contributed by atoms with Crippen LogP contribution in [0.4, 0.5) is 0 Å². The lowest BCUT2D eigenvalue weighted by Gasteiger charge is -2.34. The SMILES string of the molecule is C.CC(C)(C)[C@H](N)C(=O)NN(Cc1ccc(-c2ccccn2)cc1)C[C@H](O)[C@@H](CC(=O)[C@@H](NCOC=O)C(C)(C)C)Cc1ccccc1.CC(C)(C)[C@H](NCOC=O)C(=O)C[C@@H](Cc1ccccc1)C(=O)CCl.CC[C@H](CC(=O)OC)C(=O)NNCc1ccc(-c2ccccn2)cc1.CI.CI. The second kappa shape index (κ2) is 50.4. The summed E-state index contributed by atoms with van der Waals surface area (Å²) in [6, 6.07) is 44.7. The zero-order chi connectivity index (χ0) is 75.6. The van der Waals surface area contributed by atoms with Crippen molar-refractivity contribution in [2.75, 3.05) is 42.9 Å². The number of ether oxygens (including phenoxy) is 3. The van der Waals surface area contributed by atoms with E-state index >= 15 is 0 Å². The van der Waals surface area contributed by atoms with E-state index in [-0.39, 0.29) is 93.1 Å². The maximum absolute atomic E-state index is 13.8. The number of rotatable bonds is 36. The third kappa shape index (κ3) is 35.5. The van der Waals surface area contributed by atoms with E-state index in [1.165, 1.54) is 7.11 Å². The molecular formula is C78H110ClI2N9O12. The van der Waals surface area contributed by atoms with Gasteiger partial charge in [-0.1, -0.05) is 243 Å². The van der Waals surface area contributed by atoms with E-state index in [1.54, 1.807) is 17.4 Å². The molecule has 0 saturated heterocycles. The molecule has 7 atom stereocenters. The third-order valence-corrected chi connectivity index (χ3v) is 16.3. The Morgan fingerprint density at radius 2 is 1.03 bits per heavy atom. The summed E-state index contributed by atoms with van der Waals surface area (Å²) in [7, 11) is 1.32. The van der Waals surface area contributed by atoms with Crippen LogP contribution in [0.2, 0.25) is 0 Å². The van der Waals surface area contributed by atoms with E-state index in [2.05, 4.69) is 91.5 Å². The number of nitrogens with one attached hydrogen (secondary N) is 5. The summed E-state index contributed by atoms with van der Waals surface area (Å²) in [5, 5.41) is 19.4. The number of nitrogens with zero attached hydrogens (tertiary/aromatic N) is 3. The van der Waals surface area contributed by atoms with Crippen LogP contribution in [0.1, 0.15) is 125 Å². The molecule has 24 heteroatoms. The van der Waals surface area contributed by atoms with E-state index in [4.69, 9.17) is 22.1 Å². The number of amides is 2. The molecule has 560 valence electrons. The van der Waals surface area contributed by atoms with E-state index < -0.39 is 52.8 Å². The van der Waals surface area contributed by atoms with Gasteiger partial charge in [-0.3, -0.25) is 69.8 Å². The first-order valence-corrected chi connectivity index (χ1v) is 38.1. The van der Waals surface area contributed by atoms with Crippen molar-refractivity contribution >= 4 is 105 Å². The molecule has 6 rings (SSSR count). The number of benzene rings is 4. The number of hydrazine groups is 2. The Morgan fingerprint density at radius 1 is 0.578 bits per heavy atom. The second-order valence-electron chi connectivity index (χ2n) is 26.9. The number of aromatic nitrogens is 2. The molecule has 0 saturated carbocycles. The van der Waals surface area contributed by atoms with Crippen LogP contribution in [0.5, 0.6) is 0 Å². The number of carbonyl (C=O) groups excluding carboxylic acids is 8. The summed E-state index contributed by atoms with van der Waals surface area (Å²) < 4.78 is 14.1. The molecule has 0 aliphatic rings. The van der Waals surface area contributed by atoms with Gasteiger partial charge < -0.3 is 25.1 Å². The fourth-order valence-electron chi connectivity index (χ4n) is 10.5. The molecule has 2 heterocycles. The van der Waals surface area contributed by atoms with E-state index in [0.29, 0.717) is 45.3 Å². The van der Waals surface area contributed by atoms with Gasteiger partial charge in [-0.05, 0) is 97.8 Å². The number of ketones is 3. The van der Waals surface area contributed by atoms with Gasteiger partial charge in [0.05, 0.1) is 55.0 Å². The fraction of sp³-hybridized carbons (Fsp3) is 0.462. The number of Topliss-reactive ketones (excluding diaryl/α,β-unsaturated/α-hetero) is 3. The van der Waals surface area contributed by atoms with Crippen molar-refractivity contribution < 1.29 is 57.7 Å². The average Bonchev–Trinajstić information content (AvgIpc) is 0.846. The molecule has 0 spiro atoms. The maximum Gasteiger partial charge on any atom is 0.306 e. The predicted molar refractivity (Wildman–Crippen MR) is 422 cm³/mol. The first-order chi connectivity index (χ1) is 48.1. The third-order valence-electron chi connectivity index (χ3n) is 16.1. The highest BCUT2D eigenvalue weighted by atomic mass is 127. The van der Waals surface area contributed by atoms with Gasteiger partial charge in [-0.15, -0.1) is 11.6 Å². The molecule has 0 unspecified atom stereocenters. The van der Waals surface area contributed by atoms with Crippen molar-refractivity contribution in [1.29, 1.82) is 0 Å². The number of alkyl halides is 3. The molecule has 4 aromatic carbocycles. The smallest absolute Gasteiger partial charge is 0.306 e. The number of esters is 1. The number of hydrogen-bond donors (Lipinski definition) is 7. The molecule has 0 bridgehead atoms. The minimum absolute atomic E-state index is 0. The number of methoxy groups -OCH3 is 1. The van der Waals surface area contributed by atoms with Crippen LogP contribution in [0.3, 0.4) is 0 Å². The van der Waals surface area contributed by atoms with Crippen LogP contribution in [-0.4, -0.2) is 135 Å². The van der Waals surface area contributed by atoms with Crippen molar-refractivity contribution in [3.8, 4) is 22.5 Å². The van der Waals surface area contributed by atoms with E-state index in [0.717, 1.165) is 44.8 Å². The van der Waals surface area contributed by atoms with Crippen LogP contribution in [0.15, 0.2) is 158 Å². The van der Waals surface area contributed by atoms with Crippen LogP contribution in [0.25, 0.3) is 22.5 Å². The molecule has 102 heavy (non-hydrogen) atoms. The minimum atomic E-state index is -0.995. The molecule has 0 aliphatic heterocycles. The highest BCUT2D eigenvalue weighted by Gasteiger charge is 2.37. The number of aliphatic hydroxyl groups is 1. The zero-order valence-corrected chi connectivity index (χ0v) is 65.8. The van der Waals surface area contributed by atoms with Gasteiger partial charge >= 0.3 is 5.97 Å². The molecule has 0 radical (unpaired) electrons. The molecule has 0 fully saturated rings. The van der Waals surface area contributed by atoms with Crippen molar-refractivity contribution in [2.24, 2.45) is 39.7 Å². The molecular weight excluding hydrogens is 1540 g/mol. The lowest BCUT2D eigenvalue weighted by molar-refractivity contribution is -0.144. The number of carbonyl (C=O) groups is 8. The van der Waals surface area contributed by atoms with Gasteiger partial charge in [0, 0.05) is 67.8 Å². The number of halogens is 3. The molecule has 0 aliphatic carbocycles. The van der Waals surface area contributed by atoms with Crippen molar-refractivity contribution in [3.63, 3.8) is 0 Å². The number of hydrogen-bond acceptors (Lipinski definition) is 19. The molecule has 2 aromatic heterocycles. The first kappa shape index (κ1) is 93.1. The van der Waals surface area contributed by atoms with E-state index in [9.17, 15) is 43.5 Å². The number of nitrogens with two attached hydrogens (primary N) is 1. The van der Waals surface area contributed by atoms with Crippen LogP contribution in [0, 0.1) is 34.0 Å². The van der Waals surface area contributed by atoms with Gasteiger partial charge in [-0.2, -0.15) is 0 Å². The van der Waals surface area contributed by atoms with Gasteiger partial charge in [0.2, 0.25) is 5.91 Å². The molecule has 2 amide bonds. The Balaban J connectivity index is 0.000000802. The number of aliphatic hydroxyl groups excluding tert-OH is 1. The Hall–Kier alpha value is -6.95.